The van der Waals surface area contributed by atoms with Gasteiger partial charge in [0.15, 0.2) is 0 Å². The molecule has 0 aromatic carbocycles. The summed E-state index contributed by atoms with van der Waals surface area (Å²) >= 11 is -1.94. The van der Waals surface area contributed by atoms with Gasteiger partial charge in [0.05, 0.1) is 0 Å². The fraction of sp³-hybridized carbons (Fsp3) is 0.900. The Morgan fingerprint density at radius 3 is 1.93 bits per heavy atom. The molecule has 1 unspecified atom stereocenters. The van der Waals surface area contributed by atoms with Crippen LogP contribution in [-0.2, 0) is 9.53 Å². The fourth-order valence-electron chi connectivity index (χ4n) is 2.23. The van der Waals surface area contributed by atoms with E-state index < -0.39 is 21.3 Å². The van der Waals surface area contributed by atoms with E-state index in [1.165, 1.54) is 0 Å². The molecule has 1 atom stereocenters. The zero-order chi connectivity index (χ0) is 11.6. The first-order chi connectivity index (χ1) is 6.10. The molecule has 4 heteroatoms. The second-order valence-electron chi connectivity index (χ2n) is 5.92. The Morgan fingerprint density at radius 2 is 1.71 bits per heavy atom. The number of carbonyl (C=O) groups excluding carboxylic acids is 1. The predicted molar refractivity (Wildman–Crippen MR) is 67.1 cm³/mol. The molecule has 0 amide bonds. The van der Waals surface area contributed by atoms with Gasteiger partial charge in [-0.05, 0) is 0 Å². The van der Waals surface area contributed by atoms with Gasteiger partial charge in [-0.2, -0.15) is 0 Å². The minimum absolute atomic E-state index is 0.0687. The van der Waals surface area contributed by atoms with Gasteiger partial charge in [-0.1, -0.05) is 0 Å². The molecule has 0 aliphatic carbocycles. The van der Waals surface area contributed by atoms with Gasteiger partial charge in [0.1, 0.15) is 0 Å². The maximum absolute atomic E-state index is 11.9. The Kier molecular flexibility index (Phi) is 4.91. The van der Waals surface area contributed by atoms with Crippen LogP contribution in [0.1, 0.15) is 6.92 Å². The molecule has 0 N–H and O–H groups in total. The van der Waals surface area contributed by atoms with Crippen LogP contribution >= 0.6 is 0 Å². The Morgan fingerprint density at radius 1 is 1.29 bits per heavy atom. The molecular weight excluding hydrogens is 253 g/mol. The van der Waals surface area contributed by atoms with Crippen molar-refractivity contribution in [1.82, 2.24) is 0 Å². The first-order valence-corrected chi connectivity index (χ1v) is 16.4. The summed E-state index contributed by atoms with van der Waals surface area (Å²) in [6, 6.07) is 0. The van der Waals surface area contributed by atoms with Gasteiger partial charge in [0.2, 0.25) is 0 Å². The summed E-state index contributed by atoms with van der Waals surface area (Å²) < 4.78 is 5.47. The van der Waals surface area contributed by atoms with Gasteiger partial charge in [0, 0.05) is 0 Å². The molecule has 0 aromatic rings. The van der Waals surface area contributed by atoms with Crippen LogP contribution in [0.3, 0.4) is 0 Å². The zero-order valence-corrected chi connectivity index (χ0v) is 13.7. The molecule has 0 bridgehead atoms. The number of hydrogen-bond acceptors (Lipinski definition) is 2. The summed E-state index contributed by atoms with van der Waals surface area (Å²) in [7, 11) is -1.41. The van der Waals surface area contributed by atoms with Crippen LogP contribution in [0.4, 0.5) is 0 Å². The zero-order valence-electron chi connectivity index (χ0n) is 10.6. The third-order valence-corrected chi connectivity index (χ3v) is 18.3. The van der Waals surface area contributed by atoms with E-state index in [9.17, 15) is 4.79 Å². The maximum atomic E-state index is 11.9. The van der Waals surface area contributed by atoms with E-state index in [1.54, 1.807) is 0 Å². The third kappa shape index (κ3) is 4.17. The van der Waals surface area contributed by atoms with Crippen molar-refractivity contribution >= 4 is 27.3 Å². The van der Waals surface area contributed by atoms with Crippen LogP contribution in [0.15, 0.2) is 0 Å². The van der Waals surface area contributed by atoms with Crippen molar-refractivity contribution in [3.63, 3.8) is 0 Å². The Hall–Kier alpha value is 0.230. The molecular formula is C10H24GeO2Si. The van der Waals surface area contributed by atoms with Crippen molar-refractivity contribution in [2.45, 2.75) is 48.2 Å². The van der Waals surface area contributed by atoms with E-state index in [4.69, 9.17) is 4.74 Å². The summed E-state index contributed by atoms with van der Waals surface area (Å²) in [6.07, 6.45) is 0. The van der Waals surface area contributed by atoms with Crippen LogP contribution in [-0.4, -0.2) is 33.9 Å². The normalized spacial score (nSPS) is 15.1. The van der Waals surface area contributed by atoms with Crippen LogP contribution in [0, 0.1) is 0 Å². The van der Waals surface area contributed by atoms with Gasteiger partial charge in [-0.25, -0.2) is 0 Å². The van der Waals surface area contributed by atoms with Crippen LogP contribution in [0.5, 0.6) is 0 Å². The second-order valence-corrected chi connectivity index (χ2v) is 23.6. The van der Waals surface area contributed by atoms with Crippen LogP contribution < -0.4 is 0 Å². The summed E-state index contributed by atoms with van der Waals surface area (Å²) in [5.74, 6) is 6.98. The number of esters is 1. The average molecular weight is 277 g/mol. The number of rotatable bonds is 4. The molecule has 0 aliphatic heterocycles. The first kappa shape index (κ1) is 14.2. The van der Waals surface area contributed by atoms with Gasteiger partial charge in [-0.15, -0.1) is 0 Å². The SMILES string of the molecule is CCOC(=O)[CH]([Si](C)(C)C)[Ge]([CH3])([CH3])[CH3]. The van der Waals surface area contributed by atoms with E-state index in [-0.39, 0.29) is 10.3 Å². The third-order valence-electron chi connectivity index (χ3n) is 2.25. The van der Waals surface area contributed by atoms with Crippen molar-refractivity contribution in [2.75, 3.05) is 6.61 Å². The van der Waals surface area contributed by atoms with Crippen molar-refractivity contribution in [3.8, 4) is 0 Å². The second kappa shape index (κ2) is 4.84. The molecule has 0 rings (SSSR count). The number of carbonyl (C=O) groups is 1. The average Bonchev–Trinajstić information content (AvgIpc) is 1.78. The molecule has 2 nitrogen and oxygen atoms in total. The fourth-order valence-corrected chi connectivity index (χ4v) is 23.6. The van der Waals surface area contributed by atoms with E-state index in [1.807, 2.05) is 6.92 Å². The molecule has 14 heavy (non-hydrogen) atoms. The molecule has 0 saturated heterocycles. The van der Waals surface area contributed by atoms with Crippen molar-refractivity contribution < 1.29 is 9.53 Å². The predicted octanol–water partition coefficient (Wildman–Crippen LogP) is 3.14. The van der Waals surface area contributed by atoms with E-state index in [0.29, 0.717) is 6.61 Å². The van der Waals surface area contributed by atoms with Gasteiger partial charge in [0.25, 0.3) is 0 Å². The van der Waals surface area contributed by atoms with Gasteiger partial charge >= 0.3 is 91.7 Å². The molecule has 0 saturated carbocycles. The molecule has 0 spiro atoms. The molecule has 0 fully saturated rings. The van der Waals surface area contributed by atoms with Gasteiger partial charge in [-0.3, -0.25) is 0 Å². The number of hydrogen-bond donors (Lipinski definition) is 0. The standard InChI is InChI=1S/C10H24GeO2Si/c1-8-13-10(12)9(11(2,3)4)14(5,6)7/h9H,8H2,1-7H3. The Labute approximate surface area is 91.8 Å². The minimum atomic E-state index is -1.94. The monoisotopic (exact) mass is 278 g/mol. The number of ether oxygens (including phenoxy) is 1. The molecule has 0 aliphatic rings. The topological polar surface area (TPSA) is 26.3 Å². The van der Waals surface area contributed by atoms with E-state index in [2.05, 4.69) is 36.9 Å². The van der Waals surface area contributed by atoms with E-state index >= 15 is 0 Å². The quantitative estimate of drug-likeness (QED) is 0.583. The Bertz CT molecular complexity index is 189. The molecule has 0 radical (unpaired) electrons. The van der Waals surface area contributed by atoms with Crippen LogP contribution in [0.2, 0.25) is 41.3 Å². The summed E-state index contributed by atoms with van der Waals surface area (Å²) in [5.41, 5.74) is 0. The van der Waals surface area contributed by atoms with Crippen molar-refractivity contribution in [3.05, 3.63) is 0 Å². The first-order valence-electron chi connectivity index (χ1n) is 5.27. The van der Waals surface area contributed by atoms with Crippen molar-refractivity contribution in [1.29, 1.82) is 0 Å². The van der Waals surface area contributed by atoms with Crippen LogP contribution in [0.25, 0.3) is 0 Å². The van der Waals surface area contributed by atoms with Gasteiger partial charge < -0.3 is 0 Å². The van der Waals surface area contributed by atoms with Crippen molar-refractivity contribution in [2.24, 2.45) is 0 Å². The molecule has 0 heterocycles. The molecule has 0 aromatic heterocycles. The van der Waals surface area contributed by atoms with E-state index in [0.717, 1.165) is 0 Å². The Balaban J connectivity index is 4.84. The summed E-state index contributed by atoms with van der Waals surface area (Å²) in [4.78, 5) is 11.9. The molecule has 84 valence electrons. The summed E-state index contributed by atoms with van der Waals surface area (Å²) in [5, 5.41) is 0. The summed E-state index contributed by atoms with van der Waals surface area (Å²) in [6.45, 7) is 9.20.